The van der Waals surface area contributed by atoms with E-state index >= 15 is 0 Å². The molecule has 114 valence electrons. The zero-order valence-corrected chi connectivity index (χ0v) is 12.3. The number of nitrogens with zero attached hydrogens (tertiary/aromatic N) is 2. The van der Waals surface area contributed by atoms with E-state index in [-0.39, 0.29) is 22.7 Å². The fourth-order valence-corrected chi connectivity index (χ4v) is 2.44. The molecule has 21 heavy (non-hydrogen) atoms. The molecule has 2 rings (SSSR count). The number of nitrogens with two attached hydrogens (primary N) is 1. The van der Waals surface area contributed by atoms with E-state index in [1.165, 1.54) is 12.1 Å². The molecule has 1 aliphatic heterocycles. The number of anilines is 1. The Labute approximate surface area is 123 Å². The number of carbonyl (C=O) groups is 1. The number of benzene rings is 1. The summed E-state index contributed by atoms with van der Waals surface area (Å²) in [4.78, 5) is 24.6. The van der Waals surface area contributed by atoms with Crippen LogP contribution in [-0.2, 0) is 0 Å². The van der Waals surface area contributed by atoms with E-state index in [1.54, 1.807) is 11.0 Å². The number of likely N-dealkylation sites (tertiary alicyclic amines) is 1. The van der Waals surface area contributed by atoms with E-state index in [1.807, 2.05) is 0 Å². The Morgan fingerprint density at radius 1 is 1.38 bits per heavy atom. The van der Waals surface area contributed by atoms with Crippen LogP contribution in [0.1, 0.15) is 37.0 Å². The summed E-state index contributed by atoms with van der Waals surface area (Å²) in [5.41, 5.74) is 2.83. The molecule has 1 saturated heterocycles. The first kappa shape index (κ1) is 15.2. The Bertz CT molecular complexity index is 561. The third-order valence-electron chi connectivity index (χ3n) is 4.00. The van der Waals surface area contributed by atoms with Crippen molar-refractivity contribution < 1.29 is 9.72 Å². The summed E-state index contributed by atoms with van der Waals surface area (Å²) < 4.78 is 0. The Kier molecular flexibility index (Phi) is 4.13. The minimum Gasteiger partial charge on any atom is -0.339 e. The summed E-state index contributed by atoms with van der Waals surface area (Å²) in [6.07, 6.45) is 1.87. The number of hydrogen-bond donors (Lipinski definition) is 2. The molecule has 1 fully saturated rings. The number of carbonyl (C=O) groups excluding carboxylic acids is 1. The van der Waals surface area contributed by atoms with Crippen molar-refractivity contribution in [3.05, 3.63) is 33.9 Å². The van der Waals surface area contributed by atoms with Crippen LogP contribution in [-0.4, -0.2) is 28.8 Å². The van der Waals surface area contributed by atoms with Gasteiger partial charge in [0.15, 0.2) is 0 Å². The molecule has 0 aliphatic carbocycles. The predicted octanol–water partition coefficient (Wildman–Crippen LogP) is 2.14. The second-order valence-corrected chi connectivity index (χ2v) is 6.09. The van der Waals surface area contributed by atoms with Crippen LogP contribution in [0.3, 0.4) is 0 Å². The van der Waals surface area contributed by atoms with Crippen LogP contribution in [0.4, 0.5) is 11.4 Å². The van der Waals surface area contributed by atoms with Crippen LogP contribution < -0.4 is 11.3 Å². The van der Waals surface area contributed by atoms with Crippen molar-refractivity contribution in [1.29, 1.82) is 0 Å². The number of hydrazine groups is 1. The lowest BCUT2D eigenvalue weighted by atomic mass is 9.82. The average molecular weight is 292 g/mol. The normalized spacial score (nSPS) is 17.4. The first-order chi connectivity index (χ1) is 9.84. The monoisotopic (exact) mass is 292 g/mol. The maximum atomic E-state index is 12.4. The van der Waals surface area contributed by atoms with Gasteiger partial charge in [0, 0.05) is 24.7 Å². The van der Waals surface area contributed by atoms with E-state index in [0.717, 1.165) is 12.8 Å². The molecule has 1 amide bonds. The van der Waals surface area contributed by atoms with Gasteiger partial charge in [-0.15, -0.1) is 0 Å². The SMILES string of the molecule is CC1(C)CCN(C(=O)c2ccc(NN)c([N+](=O)[O-])c2)CC1. The lowest BCUT2D eigenvalue weighted by molar-refractivity contribution is -0.384. The molecular formula is C14H20N4O3. The summed E-state index contributed by atoms with van der Waals surface area (Å²) in [6, 6.07) is 4.29. The van der Waals surface area contributed by atoms with E-state index in [0.29, 0.717) is 18.7 Å². The van der Waals surface area contributed by atoms with Crippen LogP contribution in [0, 0.1) is 15.5 Å². The van der Waals surface area contributed by atoms with Crippen molar-refractivity contribution in [2.45, 2.75) is 26.7 Å². The summed E-state index contributed by atoms with van der Waals surface area (Å²) in [6.45, 7) is 5.72. The third kappa shape index (κ3) is 3.30. The van der Waals surface area contributed by atoms with Crippen LogP contribution in [0.15, 0.2) is 18.2 Å². The molecule has 1 aromatic carbocycles. The van der Waals surface area contributed by atoms with Crippen molar-refractivity contribution in [1.82, 2.24) is 4.90 Å². The van der Waals surface area contributed by atoms with E-state index in [4.69, 9.17) is 5.84 Å². The molecule has 1 aliphatic rings. The van der Waals surface area contributed by atoms with E-state index in [9.17, 15) is 14.9 Å². The fourth-order valence-electron chi connectivity index (χ4n) is 2.44. The van der Waals surface area contributed by atoms with Gasteiger partial charge < -0.3 is 10.3 Å². The Morgan fingerprint density at radius 3 is 2.52 bits per heavy atom. The second-order valence-electron chi connectivity index (χ2n) is 6.09. The van der Waals surface area contributed by atoms with Crippen LogP contribution in [0.2, 0.25) is 0 Å². The van der Waals surface area contributed by atoms with Gasteiger partial charge in [-0.3, -0.25) is 20.8 Å². The largest absolute Gasteiger partial charge is 0.339 e. The van der Waals surface area contributed by atoms with Gasteiger partial charge in [-0.25, -0.2) is 0 Å². The number of hydrogen-bond acceptors (Lipinski definition) is 5. The van der Waals surface area contributed by atoms with E-state index < -0.39 is 4.92 Å². The smallest absolute Gasteiger partial charge is 0.294 e. The summed E-state index contributed by atoms with van der Waals surface area (Å²) >= 11 is 0. The highest BCUT2D eigenvalue weighted by atomic mass is 16.6. The molecule has 0 radical (unpaired) electrons. The number of nitro benzene ring substituents is 1. The third-order valence-corrected chi connectivity index (χ3v) is 4.00. The Morgan fingerprint density at radius 2 is 2.00 bits per heavy atom. The quantitative estimate of drug-likeness (QED) is 0.505. The number of nitrogen functional groups attached to an aromatic ring is 1. The fraction of sp³-hybridized carbons (Fsp3) is 0.500. The first-order valence-electron chi connectivity index (χ1n) is 6.88. The van der Waals surface area contributed by atoms with Crippen LogP contribution in [0.5, 0.6) is 0 Å². The van der Waals surface area contributed by atoms with Gasteiger partial charge in [-0.2, -0.15) is 0 Å². The predicted molar refractivity (Wildman–Crippen MR) is 79.8 cm³/mol. The van der Waals surface area contributed by atoms with Gasteiger partial charge in [0.2, 0.25) is 0 Å². The highest BCUT2D eigenvalue weighted by Crippen LogP contribution is 2.31. The first-order valence-corrected chi connectivity index (χ1v) is 6.88. The number of piperidine rings is 1. The molecule has 1 aromatic rings. The zero-order chi connectivity index (χ0) is 15.6. The molecule has 7 nitrogen and oxygen atoms in total. The molecule has 0 spiro atoms. The average Bonchev–Trinajstić information content (AvgIpc) is 2.45. The molecule has 7 heteroatoms. The minimum atomic E-state index is -0.550. The van der Waals surface area contributed by atoms with Gasteiger partial charge in [0.25, 0.3) is 11.6 Å². The van der Waals surface area contributed by atoms with Crippen molar-refractivity contribution >= 4 is 17.3 Å². The standard InChI is InChI=1S/C14H20N4O3/c1-14(2)5-7-17(8-6-14)13(19)10-3-4-11(16-15)12(9-10)18(20)21/h3-4,9,16H,5-8,15H2,1-2H3. The van der Waals surface area contributed by atoms with Crippen LogP contribution >= 0.6 is 0 Å². The zero-order valence-electron chi connectivity index (χ0n) is 12.3. The number of nitrogens with one attached hydrogen (secondary N) is 1. The van der Waals surface area contributed by atoms with Gasteiger partial charge in [-0.05, 0) is 30.4 Å². The number of nitro groups is 1. The Balaban J connectivity index is 2.20. The molecular weight excluding hydrogens is 272 g/mol. The molecule has 0 saturated carbocycles. The number of amides is 1. The van der Waals surface area contributed by atoms with Gasteiger partial charge in [0.1, 0.15) is 5.69 Å². The van der Waals surface area contributed by atoms with Gasteiger partial charge >= 0.3 is 0 Å². The second kappa shape index (κ2) is 5.69. The highest BCUT2D eigenvalue weighted by Gasteiger charge is 2.29. The lowest BCUT2D eigenvalue weighted by Gasteiger charge is -2.36. The summed E-state index contributed by atoms with van der Waals surface area (Å²) in [5.74, 6) is 5.07. The maximum Gasteiger partial charge on any atom is 0.294 e. The van der Waals surface area contributed by atoms with Crippen LogP contribution in [0.25, 0.3) is 0 Å². The van der Waals surface area contributed by atoms with Gasteiger partial charge in [0.05, 0.1) is 4.92 Å². The lowest BCUT2D eigenvalue weighted by Crippen LogP contribution is -2.41. The highest BCUT2D eigenvalue weighted by molar-refractivity contribution is 5.95. The van der Waals surface area contributed by atoms with Crippen molar-refractivity contribution in [3.8, 4) is 0 Å². The molecule has 0 unspecified atom stereocenters. The molecule has 0 bridgehead atoms. The maximum absolute atomic E-state index is 12.4. The van der Waals surface area contributed by atoms with Crippen molar-refractivity contribution in [2.75, 3.05) is 18.5 Å². The van der Waals surface area contributed by atoms with Crippen molar-refractivity contribution in [3.63, 3.8) is 0 Å². The van der Waals surface area contributed by atoms with Crippen molar-refractivity contribution in [2.24, 2.45) is 11.3 Å². The molecule has 1 heterocycles. The molecule has 3 N–H and O–H groups in total. The van der Waals surface area contributed by atoms with E-state index in [2.05, 4.69) is 19.3 Å². The molecule has 0 atom stereocenters. The Hall–Kier alpha value is -2.15. The van der Waals surface area contributed by atoms with Gasteiger partial charge in [-0.1, -0.05) is 13.8 Å². The summed E-state index contributed by atoms with van der Waals surface area (Å²) in [5, 5.41) is 11.0. The topological polar surface area (TPSA) is 102 Å². The number of rotatable bonds is 3. The minimum absolute atomic E-state index is 0.169. The molecule has 0 aromatic heterocycles. The summed E-state index contributed by atoms with van der Waals surface area (Å²) in [7, 11) is 0.